The standard InChI is InChI=1S/C5H8N2OS/c1-9-3-4-2-5(8)7-6-4/h2-3H2,1H3,(H,7,8). The van der Waals surface area contributed by atoms with Crippen LogP contribution < -0.4 is 5.43 Å². The summed E-state index contributed by atoms with van der Waals surface area (Å²) in [4.78, 5) is 10.5. The van der Waals surface area contributed by atoms with Gasteiger partial charge in [0.2, 0.25) is 5.91 Å². The summed E-state index contributed by atoms with van der Waals surface area (Å²) in [5.41, 5.74) is 3.34. The number of amides is 1. The van der Waals surface area contributed by atoms with E-state index in [4.69, 9.17) is 0 Å². The van der Waals surface area contributed by atoms with Crippen molar-refractivity contribution in [2.45, 2.75) is 6.42 Å². The lowest BCUT2D eigenvalue weighted by molar-refractivity contribution is -0.119. The van der Waals surface area contributed by atoms with Crippen LogP contribution in [0.3, 0.4) is 0 Å². The van der Waals surface area contributed by atoms with Crippen LogP contribution in [-0.4, -0.2) is 23.6 Å². The molecule has 0 aromatic heterocycles. The Labute approximate surface area is 57.9 Å². The highest BCUT2D eigenvalue weighted by molar-refractivity contribution is 7.99. The Hall–Kier alpha value is -0.510. The molecule has 1 heterocycles. The fourth-order valence-corrected chi connectivity index (χ4v) is 1.16. The average Bonchev–Trinajstić information content (AvgIpc) is 2.17. The molecular weight excluding hydrogens is 136 g/mol. The molecule has 9 heavy (non-hydrogen) atoms. The predicted octanol–water partition coefficient (Wildman–Crippen LogP) is 0.225. The highest BCUT2D eigenvalue weighted by Gasteiger charge is 2.12. The first-order valence-electron chi connectivity index (χ1n) is 2.66. The van der Waals surface area contributed by atoms with E-state index < -0.39 is 0 Å². The third-order valence-corrected chi connectivity index (χ3v) is 1.64. The largest absolute Gasteiger partial charge is 0.273 e. The van der Waals surface area contributed by atoms with Crippen LogP contribution in [0.5, 0.6) is 0 Å². The van der Waals surface area contributed by atoms with Crippen molar-refractivity contribution >= 4 is 23.4 Å². The molecule has 0 radical (unpaired) electrons. The Kier molecular flexibility index (Phi) is 2.10. The van der Waals surface area contributed by atoms with Crippen molar-refractivity contribution in [3.05, 3.63) is 0 Å². The molecule has 1 rings (SSSR count). The summed E-state index contributed by atoms with van der Waals surface area (Å²) < 4.78 is 0. The van der Waals surface area contributed by atoms with E-state index in [1.54, 1.807) is 11.8 Å². The lowest BCUT2D eigenvalue weighted by atomic mass is 10.3. The number of hydrazone groups is 1. The van der Waals surface area contributed by atoms with E-state index in [1.807, 2.05) is 6.26 Å². The van der Waals surface area contributed by atoms with Crippen LogP contribution in [0.4, 0.5) is 0 Å². The Bertz CT molecular complexity index is 155. The summed E-state index contributed by atoms with van der Waals surface area (Å²) in [5.74, 6) is 0.873. The number of nitrogens with one attached hydrogen (secondary N) is 1. The van der Waals surface area contributed by atoms with E-state index in [2.05, 4.69) is 10.5 Å². The van der Waals surface area contributed by atoms with Crippen LogP contribution in [0.25, 0.3) is 0 Å². The zero-order valence-corrected chi connectivity index (χ0v) is 5.99. The minimum atomic E-state index is 0.0130. The molecule has 0 aromatic rings. The van der Waals surface area contributed by atoms with Gasteiger partial charge in [-0.1, -0.05) is 0 Å². The van der Waals surface area contributed by atoms with Crippen LogP contribution in [0.1, 0.15) is 6.42 Å². The molecule has 0 saturated carbocycles. The molecule has 0 unspecified atom stereocenters. The van der Waals surface area contributed by atoms with Gasteiger partial charge in [-0.3, -0.25) is 4.79 Å². The van der Waals surface area contributed by atoms with Gasteiger partial charge in [-0.25, -0.2) is 5.43 Å². The maximum absolute atomic E-state index is 10.5. The number of hydrogen-bond donors (Lipinski definition) is 1. The Morgan fingerprint density at radius 3 is 3.11 bits per heavy atom. The van der Waals surface area contributed by atoms with Crippen LogP contribution in [-0.2, 0) is 4.79 Å². The van der Waals surface area contributed by atoms with Crippen LogP contribution in [0, 0.1) is 0 Å². The minimum absolute atomic E-state index is 0.0130. The number of nitrogens with zero attached hydrogens (tertiary/aromatic N) is 1. The molecule has 1 N–H and O–H groups in total. The lowest BCUT2D eigenvalue weighted by Crippen LogP contribution is -2.09. The van der Waals surface area contributed by atoms with Crippen molar-refractivity contribution in [3.63, 3.8) is 0 Å². The minimum Gasteiger partial charge on any atom is -0.273 e. The fourth-order valence-electron chi connectivity index (χ4n) is 0.656. The summed E-state index contributed by atoms with van der Waals surface area (Å²) in [6.07, 6.45) is 2.48. The highest BCUT2D eigenvalue weighted by atomic mass is 32.2. The van der Waals surface area contributed by atoms with Crippen LogP contribution in [0.15, 0.2) is 5.10 Å². The zero-order valence-electron chi connectivity index (χ0n) is 5.18. The van der Waals surface area contributed by atoms with Gasteiger partial charge in [-0.2, -0.15) is 16.9 Å². The van der Waals surface area contributed by atoms with E-state index in [9.17, 15) is 4.79 Å². The third-order valence-electron chi connectivity index (χ3n) is 1.01. The van der Waals surface area contributed by atoms with Gasteiger partial charge < -0.3 is 0 Å². The smallest absolute Gasteiger partial charge is 0.245 e. The molecule has 1 amide bonds. The monoisotopic (exact) mass is 144 g/mol. The molecule has 0 bridgehead atoms. The molecule has 3 nitrogen and oxygen atoms in total. The molecule has 0 saturated heterocycles. The number of carbonyl (C=O) groups is 1. The molecule has 50 valence electrons. The third kappa shape index (κ3) is 1.71. The van der Waals surface area contributed by atoms with Crippen molar-refractivity contribution in [2.24, 2.45) is 5.10 Å². The second kappa shape index (κ2) is 2.87. The van der Waals surface area contributed by atoms with E-state index >= 15 is 0 Å². The summed E-state index contributed by atoms with van der Waals surface area (Å²) >= 11 is 1.68. The summed E-state index contributed by atoms with van der Waals surface area (Å²) in [5, 5.41) is 3.80. The first-order valence-corrected chi connectivity index (χ1v) is 4.05. The topological polar surface area (TPSA) is 41.5 Å². The van der Waals surface area contributed by atoms with Gasteiger partial charge in [-0.05, 0) is 6.26 Å². The highest BCUT2D eigenvalue weighted by Crippen LogP contribution is 2.01. The molecular formula is C5H8N2OS. The second-order valence-electron chi connectivity index (χ2n) is 1.82. The molecule has 0 aromatic carbocycles. The van der Waals surface area contributed by atoms with Gasteiger partial charge in [0.1, 0.15) is 0 Å². The van der Waals surface area contributed by atoms with Crippen LogP contribution >= 0.6 is 11.8 Å². The molecule has 0 aliphatic carbocycles. The zero-order chi connectivity index (χ0) is 6.69. The van der Waals surface area contributed by atoms with Gasteiger partial charge in [0.05, 0.1) is 12.1 Å². The van der Waals surface area contributed by atoms with Gasteiger partial charge in [0.25, 0.3) is 0 Å². The summed E-state index contributed by atoms with van der Waals surface area (Å²) in [7, 11) is 0. The predicted molar refractivity (Wildman–Crippen MR) is 38.6 cm³/mol. The van der Waals surface area contributed by atoms with Gasteiger partial charge in [-0.15, -0.1) is 0 Å². The fraction of sp³-hybridized carbons (Fsp3) is 0.600. The number of carbonyl (C=O) groups excluding carboxylic acids is 1. The number of rotatable bonds is 2. The lowest BCUT2D eigenvalue weighted by Gasteiger charge is -1.88. The average molecular weight is 144 g/mol. The van der Waals surface area contributed by atoms with E-state index in [0.717, 1.165) is 11.5 Å². The van der Waals surface area contributed by atoms with Crippen molar-refractivity contribution in [2.75, 3.05) is 12.0 Å². The summed E-state index contributed by atoms with van der Waals surface area (Å²) in [6.45, 7) is 0. The van der Waals surface area contributed by atoms with Gasteiger partial charge in [0, 0.05) is 5.75 Å². The van der Waals surface area contributed by atoms with E-state index in [1.165, 1.54) is 0 Å². The van der Waals surface area contributed by atoms with Gasteiger partial charge >= 0.3 is 0 Å². The molecule has 1 aliphatic rings. The van der Waals surface area contributed by atoms with Crippen molar-refractivity contribution in [1.29, 1.82) is 0 Å². The molecule has 0 spiro atoms. The summed E-state index contributed by atoms with van der Waals surface area (Å²) in [6, 6.07) is 0. The SMILES string of the molecule is CSCC1=NNC(=O)C1. The van der Waals surface area contributed by atoms with Crippen molar-refractivity contribution in [1.82, 2.24) is 5.43 Å². The van der Waals surface area contributed by atoms with E-state index in [-0.39, 0.29) is 5.91 Å². The molecule has 0 fully saturated rings. The first kappa shape index (κ1) is 6.61. The van der Waals surface area contributed by atoms with E-state index in [0.29, 0.717) is 6.42 Å². The maximum atomic E-state index is 10.5. The maximum Gasteiger partial charge on any atom is 0.245 e. The Morgan fingerprint density at radius 2 is 2.67 bits per heavy atom. The van der Waals surface area contributed by atoms with Crippen molar-refractivity contribution < 1.29 is 4.79 Å². The van der Waals surface area contributed by atoms with Crippen LogP contribution in [0.2, 0.25) is 0 Å². The molecule has 0 atom stereocenters. The quantitative estimate of drug-likeness (QED) is 0.602. The Balaban J connectivity index is 2.36. The Morgan fingerprint density at radius 1 is 1.89 bits per heavy atom. The second-order valence-corrected chi connectivity index (χ2v) is 2.69. The first-order chi connectivity index (χ1) is 4.33. The molecule has 1 aliphatic heterocycles. The van der Waals surface area contributed by atoms with Crippen molar-refractivity contribution in [3.8, 4) is 0 Å². The normalized spacial score (nSPS) is 17.4. The number of thioether (sulfide) groups is 1. The molecule has 4 heteroatoms. The van der Waals surface area contributed by atoms with Gasteiger partial charge in [0.15, 0.2) is 0 Å². The number of hydrogen-bond acceptors (Lipinski definition) is 3.